The summed E-state index contributed by atoms with van der Waals surface area (Å²) in [6.45, 7) is 1.82. The van der Waals surface area contributed by atoms with Crippen LogP contribution >= 0.6 is 11.6 Å². The van der Waals surface area contributed by atoms with Gasteiger partial charge in [0.25, 0.3) is 0 Å². The summed E-state index contributed by atoms with van der Waals surface area (Å²) in [5.41, 5.74) is 2.17. The van der Waals surface area contributed by atoms with Gasteiger partial charge in [-0.05, 0) is 24.6 Å². The van der Waals surface area contributed by atoms with E-state index >= 15 is 0 Å². The number of nitrogens with zero attached hydrogens (tertiary/aromatic N) is 3. The zero-order chi connectivity index (χ0) is 19.0. The first-order valence-corrected chi connectivity index (χ1v) is 8.78. The Labute approximate surface area is 160 Å². The van der Waals surface area contributed by atoms with Gasteiger partial charge in [0, 0.05) is 16.3 Å². The van der Waals surface area contributed by atoms with Crippen LogP contribution in [0.15, 0.2) is 48.5 Å². The molecule has 27 heavy (non-hydrogen) atoms. The number of carbonyl (C=O) groups excluding carboxylic acids is 2. The maximum Gasteiger partial charge on any atom is 0.249 e. The first-order chi connectivity index (χ1) is 13.0. The van der Waals surface area contributed by atoms with Crippen molar-refractivity contribution < 1.29 is 9.59 Å². The molecule has 0 fully saturated rings. The monoisotopic (exact) mass is 381 g/mol. The largest absolute Gasteiger partial charge is 0.324 e. The standard InChI is InChI=1S/C19H16ClN5O2/c1-11-13(20)8-5-9-14(11)21-18(27)15-10-16(26)22-19-23-17(24-25(15)19)12-6-3-2-4-7-12/h2-9,15H,10H2,1H3,(H,21,27)(H,22,23,24,26)/t15-/m1/s1. The number of nitrogens with one attached hydrogen (secondary N) is 2. The fourth-order valence-corrected chi connectivity index (χ4v) is 3.11. The smallest absolute Gasteiger partial charge is 0.249 e. The van der Waals surface area contributed by atoms with Gasteiger partial charge in [-0.3, -0.25) is 14.9 Å². The normalized spacial score (nSPS) is 15.8. The third-order valence-electron chi connectivity index (χ3n) is 4.42. The number of fused-ring (bicyclic) bond motifs is 1. The highest BCUT2D eigenvalue weighted by Crippen LogP contribution is 2.29. The zero-order valence-electron chi connectivity index (χ0n) is 14.4. The molecule has 1 aliphatic rings. The van der Waals surface area contributed by atoms with Crippen LogP contribution in [0.3, 0.4) is 0 Å². The number of halogens is 1. The number of hydrogen-bond acceptors (Lipinski definition) is 4. The molecule has 0 radical (unpaired) electrons. The van der Waals surface area contributed by atoms with Crippen molar-refractivity contribution in [3.05, 3.63) is 59.1 Å². The molecule has 0 saturated carbocycles. The maximum absolute atomic E-state index is 12.9. The van der Waals surface area contributed by atoms with Crippen LogP contribution in [-0.4, -0.2) is 26.6 Å². The van der Waals surface area contributed by atoms with Crippen LogP contribution in [0, 0.1) is 6.92 Å². The van der Waals surface area contributed by atoms with Crippen LogP contribution in [0.5, 0.6) is 0 Å². The highest BCUT2D eigenvalue weighted by Gasteiger charge is 2.33. The van der Waals surface area contributed by atoms with E-state index in [9.17, 15) is 9.59 Å². The second-order valence-electron chi connectivity index (χ2n) is 6.24. The lowest BCUT2D eigenvalue weighted by molar-refractivity contribution is -0.125. The van der Waals surface area contributed by atoms with Gasteiger partial charge in [-0.25, -0.2) is 4.68 Å². The van der Waals surface area contributed by atoms with Crippen LogP contribution in [0.2, 0.25) is 5.02 Å². The van der Waals surface area contributed by atoms with Crippen molar-refractivity contribution >= 4 is 35.1 Å². The highest BCUT2D eigenvalue weighted by molar-refractivity contribution is 6.31. The number of anilines is 2. The molecule has 8 heteroatoms. The Morgan fingerprint density at radius 1 is 1.22 bits per heavy atom. The van der Waals surface area contributed by atoms with Crippen molar-refractivity contribution in [1.82, 2.24) is 14.8 Å². The van der Waals surface area contributed by atoms with Gasteiger partial charge < -0.3 is 5.32 Å². The molecular weight excluding hydrogens is 366 g/mol. The molecule has 2 aromatic carbocycles. The molecule has 2 heterocycles. The molecule has 0 spiro atoms. The number of amides is 2. The van der Waals surface area contributed by atoms with E-state index in [2.05, 4.69) is 20.7 Å². The Hall–Kier alpha value is -3.19. The van der Waals surface area contributed by atoms with E-state index in [0.29, 0.717) is 16.5 Å². The Kier molecular flexibility index (Phi) is 4.37. The molecule has 0 bridgehead atoms. The lowest BCUT2D eigenvalue weighted by Crippen LogP contribution is -2.36. The molecule has 1 aliphatic heterocycles. The highest BCUT2D eigenvalue weighted by atomic mass is 35.5. The maximum atomic E-state index is 12.9. The first kappa shape index (κ1) is 17.2. The molecule has 4 rings (SSSR count). The third kappa shape index (κ3) is 3.29. The van der Waals surface area contributed by atoms with E-state index in [0.717, 1.165) is 11.1 Å². The summed E-state index contributed by atoms with van der Waals surface area (Å²) in [5.74, 6) is 0.0797. The second kappa shape index (κ2) is 6.85. The molecule has 0 unspecified atom stereocenters. The van der Waals surface area contributed by atoms with E-state index in [4.69, 9.17) is 11.6 Å². The fourth-order valence-electron chi connectivity index (χ4n) is 2.94. The molecule has 3 aromatic rings. The van der Waals surface area contributed by atoms with Crippen LogP contribution in [-0.2, 0) is 9.59 Å². The molecule has 1 aromatic heterocycles. The Morgan fingerprint density at radius 2 is 2.00 bits per heavy atom. The van der Waals surface area contributed by atoms with Crippen molar-refractivity contribution in [1.29, 1.82) is 0 Å². The van der Waals surface area contributed by atoms with Crippen molar-refractivity contribution in [2.24, 2.45) is 0 Å². The molecule has 2 amide bonds. The van der Waals surface area contributed by atoms with Gasteiger partial charge in [-0.15, -0.1) is 5.10 Å². The van der Waals surface area contributed by atoms with Gasteiger partial charge in [-0.1, -0.05) is 48.0 Å². The number of rotatable bonds is 3. The Bertz CT molecular complexity index is 1030. The predicted molar refractivity (Wildman–Crippen MR) is 103 cm³/mol. The molecule has 7 nitrogen and oxygen atoms in total. The summed E-state index contributed by atoms with van der Waals surface area (Å²) >= 11 is 6.12. The summed E-state index contributed by atoms with van der Waals surface area (Å²) in [6.07, 6.45) is -0.0178. The van der Waals surface area contributed by atoms with Crippen LogP contribution in [0.1, 0.15) is 18.0 Å². The zero-order valence-corrected chi connectivity index (χ0v) is 15.2. The minimum absolute atomic E-state index is 0.0178. The number of hydrogen-bond donors (Lipinski definition) is 2. The van der Waals surface area contributed by atoms with Gasteiger partial charge in [0.05, 0.1) is 6.42 Å². The van der Waals surface area contributed by atoms with Crippen LogP contribution in [0.4, 0.5) is 11.6 Å². The van der Waals surface area contributed by atoms with E-state index in [-0.39, 0.29) is 24.2 Å². The minimum Gasteiger partial charge on any atom is -0.324 e. The molecule has 0 aliphatic carbocycles. The van der Waals surface area contributed by atoms with Crippen LogP contribution in [0.25, 0.3) is 11.4 Å². The lowest BCUT2D eigenvalue weighted by atomic mass is 10.1. The van der Waals surface area contributed by atoms with Crippen molar-refractivity contribution in [2.45, 2.75) is 19.4 Å². The lowest BCUT2D eigenvalue weighted by Gasteiger charge is -2.23. The molecule has 2 N–H and O–H groups in total. The Balaban J connectivity index is 1.66. The molecule has 136 valence electrons. The van der Waals surface area contributed by atoms with Crippen LogP contribution < -0.4 is 10.6 Å². The number of benzene rings is 2. The van der Waals surface area contributed by atoms with Gasteiger partial charge in [0.2, 0.25) is 17.8 Å². The van der Waals surface area contributed by atoms with E-state index in [1.54, 1.807) is 18.2 Å². The first-order valence-electron chi connectivity index (χ1n) is 8.41. The van der Waals surface area contributed by atoms with Gasteiger partial charge in [0.1, 0.15) is 6.04 Å². The third-order valence-corrected chi connectivity index (χ3v) is 4.83. The summed E-state index contributed by atoms with van der Waals surface area (Å²) in [7, 11) is 0. The summed E-state index contributed by atoms with van der Waals surface area (Å²) in [6, 6.07) is 13.9. The van der Waals surface area contributed by atoms with Crippen molar-refractivity contribution in [3.8, 4) is 11.4 Å². The average molecular weight is 382 g/mol. The Morgan fingerprint density at radius 3 is 2.78 bits per heavy atom. The summed E-state index contributed by atoms with van der Waals surface area (Å²) in [5, 5.41) is 10.5. The van der Waals surface area contributed by atoms with Crippen molar-refractivity contribution in [2.75, 3.05) is 10.6 Å². The topological polar surface area (TPSA) is 88.9 Å². The van der Waals surface area contributed by atoms with E-state index < -0.39 is 6.04 Å². The molecular formula is C19H16ClN5O2. The number of carbonyl (C=O) groups is 2. The van der Waals surface area contributed by atoms with Gasteiger partial charge >= 0.3 is 0 Å². The number of aromatic nitrogens is 3. The van der Waals surface area contributed by atoms with E-state index in [1.165, 1.54) is 4.68 Å². The molecule has 0 saturated heterocycles. The van der Waals surface area contributed by atoms with E-state index in [1.807, 2.05) is 37.3 Å². The average Bonchev–Trinajstić information content (AvgIpc) is 3.09. The van der Waals surface area contributed by atoms with Gasteiger partial charge in [0.15, 0.2) is 5.82 Å². The fraction of sp³-hybridized carbons (Fsp3) is 0.158. The summed E-state index contributed by atoms with van der Waals surface area (Å²) < 4.78 is 1.46. The van der Waals surface area contributed by atoms with Gasteiger partial charge in [-0.2, -0.15) is 4.98 Å². The molecule has 1 atom stereocenters. The quantitative estimate of drug-likeness (QED) is 0.727. The predicted octanol–water partition coefficient (Wildman–Crippen LogP) is 3.43. The SMILES string of the molecule is Cc1c(Cl)cccc1NC(=O)[C@H]1CC(=O)Nc2nc(-c3ccccc3)nn21. The van der Waals surface area contributed by atoms with Crippen molar-refractivity contribution in [3.63, 3.8) is 0 Å². The second-order valence-corrected chi connectivity index (χ2v) is 6.65. The summed E-state index contributed by atoms with van der Waals surface area (Å²) in [4.78, 5) is 29.3. The minimum atomic E-state index is -0.794.